The van der Waals surface area contributed by atoms with Crippen molar-refractivity contribution in [3.8, 4) is 0 Å². The molecule has 1 aromatic rings. The first-order valence-corrected chi connectivity index (χ1v) is 15.6. The zero-order valence-corrected chi connectivity index (χ0v) is 27.7. The van der Waals surface area contributed by atoms with E-state index in [1.54, 1.807) is 48.5 Å². The number of benzene rings is 1. The van der Waals surface area contributed by atoms with E-state index in [0.717, 1.165) is 23.9 Å². The SMILES string of the molecule is CC(C)OC(=O)OCOC(=O)[C@H]1[C@@H]2[C@H](O)[C@@H](CSc3ccc(F)c(F)c3)[C@@](NC(=O)OC(C)(C)C)(C(=O)OCOC(=O)OC(C)C)[C@H]12. The molecule has 0 radical (unpaired) electrons. The van der Waals surface area contributed by atoms with Crippen molar-refractivity contribution in [2.24, 2.45) is 23.7 Å². The first-order valence-electron chi connectivity index (χ1n) is 14.6. The molecule has 2 saturated carbocycles. The molecule has 262 valence electrons. The van der Waals surface area contributed by atoms with Gasteiger partial charge in [-0.3, -0.25) is 4.79 Å². The Morgan fingerprint density at radius 2 is 1.49 bits per heavy atom. The molecular weight excluding hydrogens is 652 g/mol. The van der Waals surface area contributed by atoms with E-state index in [0.29, 0.717) is 0 Å². The van der Waals surface area contributed by atoms with E-state index in [1.807, 2.05) is 0 Å². The number of carbonyl (C=O) groups excluding carboxylic acids is 5. The molecule has 2 aliphatic rings. The number of nitrogens with one attached hydrogen (secondary N) is 1. The maximum absolute atomic E-state index is 14.0. The van der Waals surface area contributed by atoms with Crippen LogP contribution in [-0.2, 0) is 42.7 Å². The monoisotopic (exact) mass is 691 g/mol. The van der Waals surface area contributed by atoms with Crippen LogP contribution >= 0.6 is 11.8 Å². The summed E-state index contributed by atoms with van der Waals surface area (Å²) >= 11 is 0.934. The predicted octanol–water partition coefficient (Wildman–Crippen LogP) is 4.30. The van der Waals surface area contributed by atoms with E-state index < -0.39 is 109 Å². The molecular formula is C30H39F2NO13S. The van der Waals surface area contributed by atoms with E-state index in [-0.39, 0.29) is 10.6 Å². The molecule has 47 heavy (non-hydrogen) atoms. The van der Waals surface area contributed by atoms with Gasteiger partial charge in [0.1, 0.15) is 5.60 Å². The van der Waals surface area contributed by atoms with E-state index in [2.05, 4.69) is 5.32 Å². The van der Waals surface area contributed by atoms with Crippen LogP contribution in [0.1, 0.15) is 48.5 Å². The second kappa shape index (κ2) is 15.4. The van der Waals surface area contributed by atoms with Gasteiger partial charge in [0.2, 0.25) is 13.6 Å². The summed E-state index contributed by atoms with van der Waals surface area (Å²) in [5.74, 6) is -9.09. The lowest BCUT2D eigenvalue weighted by Gasteiger charge is -2.38. The minimum atomic E-state index is -2.19. The Labute approximate surface area is 274 Å². The molecule has 2 aliphatic carbocycles. The van der Waals surface area contributed by atoms with Crippen LogP contribution < -0.4 is 5.32 Å². The van der Waals surface area contributed by atoms with Crippen LogP contribution in [0.15, 0.2) is 23.1 Å². The van der Waals surface area contributed by atoms with Crippen molar-refractivity contribution in [3.63, 3.8) is 0 Å². The number of amides is 1. The zero-order chi connectivity index (χ0) is 35.3. The second-order valence-corrected chi connectivity index (χ2v) is 13.5. The summed E-state index contributed by atoms with van der Waals surface area (Å²) in [7, 11) is 0. The Morgan fingerprint density at radius 3 is 2.02 bits per heavy atom. The van der Waals surface area contributed by atoms with Crippen LogP contribution in [-0.4, -0.2) is 84.2 Å². The number of rotatable bonds is 12. The van der Waals surface area contributed by atoms with E-state index in [4.69, 9.17) is 33.2 Å². The van der Waals surface area contributed by atoms with Gasteiger partial charge in [0.05, 0.1) is 24.2 Å². The van der Waals surface area contributed by atoms with Gasteiger partial charge in [0.25, 0.3) is 0 Å². The van der Waals surface area contributed by atoms with Crippen molar-refractivity contribution in [2.75, 3.05) is 19.3 Å². The van der Waals surface area contributed by atoms with Crippen molar-refractivity contribution in [1.29, 1.82) is 0 Å². The highest BCUT2D eigenvalue weighted by Crippen LogP contribution is 2.66. The zero-order valence-electron chi connectivity index (χ0n) is 26.9. The van der Waals surface area contributed by atoms with Gasteiger partial charge in [-0.05, 0) is 66.7 Å². The topological polar surface area (TPSA) is 182 Å². The summed E-state index contributed by atoms with van der Waals surface area (Å²) in [6.07, 6.45) is -5.87. The second-order valence-electron chi connectivity index (χ2n) is 12.4. The lowest BCUT2D eigenvalue weighted by Crippen LogP contribution is -2.63. The van der Waals surface area contributed by atoms with Gasteiger partial charge in [-0.1, -0.05) is 0 Å². The Balaban J connectivity index is 1.93. The standard InChI is InChI=1S/C30H39F2NO13S/c1-14(2)44-27(38)42-12-40-24(35)21-20-22(21)30(33-26(37)46-29(5,6)7,25(36)41-13-43-28(39)45-15(3)4)17(23(20)34)11-47-16-8-9-18(31)19(32)10-16/h8-10,14-15,17,20-23,34H,11-13H2,1-7H3,(H,33,37)/t17-,20+,21+,22+,23-,30+/m1/s1. The van der Waals surface area contributed by atoms with Gasteiger partial charge < -0.3 is 43.6 Å². The molecule has 0 aromatic heterocycles. The Kier molecular flexibility index (Phi) is 12.3. The lowest BCUT2D eigenvalue weighted by molar-refractivity contribution is -0.167. The minimum Gasteiger partial charge on any atom is -0.444 e. The fourth-order valence-corrected chi connectivity index (χ4v) is 6.52. The number of aliphatic hydroxyl groups is 1. The number of esters is 2. The van der Waals surface area contributed by atoms with Gasteiger partial charge in [-0.15, -0.1) is 11.8 Å². The molecule has 1 aromatic carbocycles. The third kappa shape index (κ3) is 9.59. The molecule has 14 nitrogen and oxygen atoms in total. The summed E-state index contributed by atoms with van der Waals surface area (Å²) in [5, 5.41) is 14.0. The molecule has 0 spiro atoms. The molecule has 2 fully saturated rings. The number of fused-ring (bicyclic) bond motifs is 1. The molecule has 0 unspecified atom stereocenters. The summed E-state index contributed by atoms with van der Waals surface area (Å²) in [5.41, 5.74) is -3.24. The van der Waals surface area contributed by atoms with Crippen LogP contribution in [0, 0.1) is 35.3 Å². The number of hydrogen-bond acceptors (Lipinski definition) is 14. The normalized spacial score (nSPS) is 24.6. The molecule has 0 saturated heterocycles. The number of thioether (sulfide) groups is 1. The van der Waals surface area contributed by atoms with Crippen molar-refractivity contribution < 1.29 is 71.0 Å². The Morgan fingerprint density at radius 1 is 0.915 bits per heavy atom. The minimum absolute atomic E-state index is 0.174. The van der Waals surface area contributed by atoms with Gasteiger partial charge in [-0.25, -0.2) is 28.0 Å². The largest absolute Gasteiger partial charge is 0.511 e. The summed E-state index contributed by atoms with van der Waals surface area (Å²) in [6, 6.07) is 3.10. The molecule has 17 heteroatoms. The smallest absolute Gasteiger partial charge is 0.444 e. The molecule has 6 atom stereocenters. The van der Waals surface area contributed by atoms with Gasteiger partial charge in [0, 0.05) is 28.4 Å². The first-order chi connectivity index (χ1) is 21.9. The molecule has 0 bridgehead atoms. The number of halogens is 2. The average molecular weight is 692 g/mol. The van der Waals surface area contributed by atoms with Gasteiger partial charge in [0.15, 0.2) is 17.2 Å². The third-order valence-electron chi connectivity index (χ3n) is 7.04. The number of alkyl carbamates (subject to hydrolysis) is 1. The predicted molar refractivity (Wildman–Crippen MR) is 156 cm³/mol. The third-order valence-corrected chi connectivity index (χ3v) is 8.15. The van der Waals surface area contributed by atoms with Crippen LogP contribution in [0.25, 0.3) is 0 Å². The maximum atomic E-state index is 14.0. The lowest BCUT2D eigenvalue weighted by atomic mass is 9.80. The highest BCUT2D eigenvalue weighted by Gasteiger charge is 2.80. The summed E-state index contributed by atoms with van der Waals surface area (Å²) in [6.45, 7) is 9.18. The van der Waals surface area contributed by atoms with Crippen LogP contribution in [0.2, 0.25) is 0 Å². The molecule has 1 amide bonds. The highest BCUT2D eigenvalue weighted by molar-refractivity contribution is 7.99. The quantitative estimate of drug-likeness (QED) is 0.137. The van der Waals surface area contributed by atoms with Crippen molar-refractivity contribution in [3.05, 3.63) is 29.8 Å². The highest BCUT2D eigenvalue weighted by atomic mass is 32.2. The van der Waals surface area contributed by atoms with Gasteiger partial charge in [-0.2, -0.15) is 0 Å². The van der Waals surface area contributed by atoms with E-state index in [1.165, 1.54) is 6.07 Å². The number of aliphatic hydroxyl groups excluding tert-OH is 1. The van der Waals surface area contributed by atoms with Crippen molar-refractivity contribution in [1.82, 2.24) is 5.32 Å². The Bertz CT molecular complexity index is 1340. The number of hydrogen-bond donors (Lipinski definition) is 2. The average Bonchev–Trinajstić information content (AvgIpc) is 3.63. The van der Waals surface area contributed by atoms with E-state index >= 15 is 0 Å². The van der Waals surface area contributed by atoms with Crippen molar-refractivity contribution in [2.45, 2.75) is 82.8 Å². The fourth-order valence-electron chi connectivity index (χ4n) is 5.34. The van der Waals surface area contributed by atoms with E-state index in [9.17, 15) is 37.9 Å². The van der Waals surface area contributed by atoms with Gasteiger partial charge >= 0.3 is 30.3 Å². The van der Waals surface area contributed by atoms with Crippen LogP contribution in [0.3, 0.4) is 0 Å². The molecule has 0 heterocycles. The van der Waals surface area contributed by atoms with Crippen LogP contribution in [0.5, 0.6) is 0 Å². The maximum Gasteiger partial charge on any atom is 0.511 e. The first kappa shape index (κ1) is 37.6. The fraction of sp³-hybridized carbons (Fsp3) is 0.633. The number of carbonyl (C=O) groups is 5. The van der Waals surface area contributed by atoms with Crippen LogP contribution in [0.4, 0.5) is 23.2 Å². The molecule has 3 rings (SSSR count). The molecule has 2 N–H and O–H groups in total. The summed E-state index contributed by atoms with van der Waals surface area (Å²) < 4.78 is 62.4. The Hall–Kier alpha value is -3.86. The molecule has 0 aliphatic heterocycles. The number of ether oxygens (including phenoxy) is 7. The van der Waals surface area contributed by atoms with Crippen molar-refractivity contribution >= 4 is 42.1 Å². The summed E-state index contributed by atoms with van der Waals surface area (Å²) in [4.78, 5) is 64.1.